The predicted molar refractivity (Wildman–Crippen MR) is 75.0 cm³/mol. The van der Waals surface area contributed by atoms with E-state index in [0.717, 1.165) is 17.0 Å². The molecule has 2 rings (SSSR count). The summed E-state index contributed by atoms with van der Waals surface area (Å²) in [5.41, 5.74) is 9.12. The maximum Gasteiger partial charge on any atom is 0.0640 e. The number of hydrogen-bond donors (Lipinski definition) is 1. The summed E-state index contributed by atoms with van der Waals surface area (Å²) in [5, 5.41) is 5.37. The molecule has 5 heteroatoms. The molecular formula is C13H15Cl2N3. The molecule has 2 N–H and O–H groups in total. The minimum atomic E-state index is -0.189. The molecule has 96 valence electrons. The maximum atomic E-state index is 6.19. The molecule has 1 atom stereocenters. The second-order valence-electron chi connectivity index (χ2n) is 4.35. The van der Waals surface area contributed by atoms with Crippen molar-refractivity contribution in [2.75, 3.05) is 0 Å². The van der Waals surface area contributed by atoms with Crippen LogP contribution in [0.2, 0.25) is 10.0 Å². The maximum absolute atomic E-state index is 6.19. The van der Waals surface area contributed by atoms with E-state index in [1.54, 1.807) is 6.07 Å². The minimum Gasteiger partial charge on any atom is -0.324 e. The van der Waals surface area contributed by atoms with Crippen LogP contribution in [0.5, 0.6) is 0 Å². The first kappa shape index (κ1) is 13.4. The van der Waals surface area contributed by atoms with Gasteiger partial charge >= 0.3 is 0 Å². The number of nitrogens with two attached hydrogens (primary N) is 1. The van der Waals surface area contributed by atoms with E-state index in [0.29, 0.717) is 16.5 Å². The average Bonchev–Trinajstić information content (AvgIpc) is 2.61. The van der Waals surface area contributed by atoms with Gasteiger partial charge in [0.05, 0.1) is 15.7 Å². The van der Waals surface area contributed by atoms with Crippen LogP contribution in [-0.2, 0) is 13.5 Å². The van der Waals surface area contributed by atoms with Gasteiger partial charge in [-0.15, -0.1) is 0 Å². The number of nitrogens with zero attached hydrogens (tertiary/aromatic N) is 2. The lowest BCUT2D eigenvalue weighted by Gasteiger charge is -2.14. The van der Waals surface area contributed by atoms with E-state index in [1.807, 2.05) is 36.9 Å². The van der Waals surface area contributed by atoms with Crippen molar-refractivity contribution in [3.05, 3.63) is 51.3 Å². The molecule has 18 heavy (non-hydrogen) atoms. The SMILES string of the molecule is Cc1cc(CC(N)c2cccc(Cl)c2Cl)n(C)n1. The number of benzene rings is 1. The summed E-state index contributed by atoms with van der Waals surface area (Å²) in [6, 6.07) is 7.36. The molecule has 0 aliphatic carbocycles. The van der Waals surface area contributed by atoms with Crippen LogP contribution < -0.4 is 5.73 Å². The normalized spacial score (nSPS) is 12.7. The third kappa shape index (κ3) is 2.69. The number of aryl methyl sites for hydroxylation is 2. The van der Waals surface area contributed by atoms with Gasteiger partial charge in [-0.25, -0.2) is 0 Å². The van der Waals surface area contributed by atoms with E-state index in [1.165, 1.54) is 0 Å². The number of halogens is 2. The van der Waals surface area contributed by atoms with Crippen LogP contribution in [0.4, 0.5) is 0 Å². The first-order valence-corrected chi connectivity index (χ1v) is 6.43. The van der Waals surface area contributed by atoms with Crippen molar-refractivity contribution < 1.29 is 0 Å². The van der Waals surface area contributed by atoms with Crippen molar-refractivity contribution in [3.63, 3.8) is 0 Å². The Labute approximate surface area is 117 Å². The molecule has 0 saturated carbocycles. The van der Waals surface area contributed by atoms with E-state index in [4.69, 9.17) is 28.9 Å². The molecule has 0 bridgehead atoms. The van der Waals surface area contributed by atoms with E-state index in [9.17, 15) is 0 Å². The van der Waals surface area contributed by atoms with Gasteiger partial charge in [-0.2, -0.15) is 5.10 Å². The van der Waals surface area contributed by atoms with Gasteiger partial charge in [0.1, 0.15) is 0 Å². The van der Waals surface area contributed by atoms with Crippen molar-refractivity contribution >= 4 is 23.2 Å². The summed E-state index contributed by atoms with van der Waals surface area (Å²) >= 11 is 12.2. The topological polar surface area (TPSA) is 43.8 Å². The smallest absolute Gasteiger partial charge is 0.0640 e. The van der Waals surface area contributed by atoms with Crippen LogP contribution in [0.1, 0.15) is 23.0 Å². The molecule has 3 nitrogen and oxygen atoms in total. The van der Waals surface area contributed by atoms with Crippen molar-refractivity contribution in [2.45, 2.75) is 19.4 Å². The highest BCUT2D eigenvalue weighted by atomic mass is 35.5. The molecule has 0 spiro atoms. The standard InChI is InChI=1S/C13H15Cl2N3/c1-8-6-9(18(2)17-8)7-12(16)10-4-3-5-11(14)13(10)15/h3-6,12H,7,16H2,1-2H3. The molecular weight excluding hydrogens is 269 g/mol. The van der Waals surface area contributed by atoms with Gasteiger partial charge in [-0.1, -0.05) is 35.3 Å². The lowest BCUT2D eigenvalue weighted by Crippen LogP contribution is -2.16. The number of hydrogen-bond acceptors (Lipinski definition) is 2. The van der Waals surface area contributed by atoms with Crippen LogP contribution in [0, 0.1) is 6.92 Å². The molecule has 0 fully saturated rings. The fourth-order valence-corrected chi connectivity index (χ4v) is 2.45. The summed E-state index contributed by atoms with van der Waals surface area (Å²) in [7, 11) is 1.91. The summed E-state index contributed by atoms with van der Waals surface area (Å²) in [6.07, 6.45) is 0.678. The summed E-state index contributed by atoms with van der Waals surface area (Å²) < 4.78 is 1.84. The Hall–Kier alpha value is -1.03. The highest BCUT2D eigenvalue weighted by molar-refractivity contribution is 6.42. The summed E-state index contributed by atoms with van der Waals surface area (Å²) in [5.74, 6) is 0. The molecule has 0 aliphatic rings. The zero-order chi connectivity index (χ0) is 13.3. The number of rotatable bonds is 3. The zero-order valence-corrected chi connectivity index (χ0v) is 11.8. The minimum absolute atomic E-state index is 0.189. The van der Waals surface area contributed by atoms with Gasteiger partial charge in [0.15, 0.2) is 0 Å². The fourth-order valence-electron chi connectivity index (χ4n) is 2.00. The van der Waals surface area contributed by atoms with Crippen LogP contribution >= 0.6 is 23.2 Å². The third-order valence-electron chi connectivity index (χ3n) is 2.91. The molecule has 1 aromatic heterocycles. The van der Waals surface area contributed by atoms with E-state index in [-0.39, 0.29) is 6.04 Å². The monoisotopic (exact) mass is 283 g/mol. The Kier molecular flexibility index (Phi) is 3.95. The first-order valence-electron chi connectivity index (χ1n) is 5.68. The number of aromatic nitrogens is 2. The Balaban J connectivity index is 2.24. The molecule has 1 heterocycles. The van der Waals surface area contributed by atoms with E-state index in [2.05, 4.69) is 5.10 Å². The van der Waals surface area contributed by atoms with Crippen molar-refractivity contribution in [1.29, 1.82) is 0 Å². The molecule has 2 aromatic rings. The lowest BCUT2D eigenvalue weighted by atomic mass is 10.0. The zero-order valence-electron chi connectivity index (χ0n) is 10.3. The molecule has 0 aliphatic heterocycles. The fraction of sp³-hybridized carbons (Fsp3) is 0.308. The highest BCUT2D eigenvalue weighted by Gasteiger charge is 2.14. The highest BCUT2D eigenvalue weighted by Crippen LogP contribution is 2.30. The Morgan fingerprint density at radius 3 is 2.72 bits per heavy atom. The molecule has 0 amide bonds. The summed E-state index contributed by atoms with van der Waals surface area (Å²) in [6.45, 7) is 1.96. The van der Waals surface area contributed by atoms with Gasteiger partial charge in [-0.3, -0.25) is 4.68 Å². The second-order valence-corrected chi connectivity index (χ2v) is 5.14. The van der Waals surface area contributed by atoms with Gasteiger partial charge in [0, 0.05) is 25.2 Å². The largest absolute Gasteiger partial charge is 0.324 e. The van der Waals surface area contributed by atoms with Crippen molar-refractivity contribution in [2.24, 2.45) is 12.8 Å². The predicted octanol–water partition coefficient (Wildman–Crippen LogP) is 3.28. The Bertz CT molecular complexity index is 563. The Morgan fingerprint density at radius 1 is 1.39 bits per heavy atom. The van der Waals surface area contributed by atoms with Gasteiger partial charge in [-0.05, 0) is 24.6 Å². The molecule has 0 radical (unpaired) electrons. The van der Waals surface area contributed by atoms with Crippen LogP contribution in [-0.4, -0.2) is 9.78 Å². The lowest BCUT2D eigenvalue weighted by molar-refractivity contribution is 0.640. The van der Waals surface area contributed by atoms with Gasteiger partial charge < -0.3 is 5.73 Å². The quantitative estimate of drug-likeness (QED) is 0.940. The summed E-state index contributed by atoms with van der Waals surface area (Å²) in [4.78, 5) is 0. The van der Waals surface area contributed by atoms with Crippen molar-refractivity contribution in [3.8, 4) is 0 Å². The Morgan fingerprint density at radius 2 is 2.11 bits per heavy atom. The van der Waals surface area contributed by atoms with Crippen LogP contribution in [0.15, 0.2) is 24.3 Å². The van der Waals surface area contributed by atoms with E-state index < -0.39 is 0 Å². The van der Waals surface area contributed by atoms with Gasteiger partial charge in [0.25, 0.3) is 0 Å². The van der Waals surface area contributed by atoms with E-state index >= 15 is 0 Å². The first-order chi connectivity index (χ1) is 8.49. The average molecular weight is 284 g/mol. The third-order valence-corrected chi connectivity index (χ3v) is 3.74. The van der Waals surface area contributed by atoms with Crippen molar-refractivity contribution in [1.82, 2.24) is 9.78 Å². The van der Waals surface area contributed by atoms with Crippen LogP contribution in [0.25, 0.3) is 0 Å². The van der Waals surface area contributed by atoms with Gasteiger partial charge in [0.2, 0.25) is 0 Å². The second kappa shape index (κ2) is 5.31. The molecule has 1 aromatic carbocycles. The van der Waals surface area contributed by atoms with Crippen LogP contribution in [0.3, 0.4) is 0 Å². The molecule has 1 unspecified atom stereocenters. The molecule has 0 saturated heterocycles.